The van der Waals surface area contributed by atoms with Crippen molar-refractivity contribution in [1.29, 1.82) is 0 Å². The number of anilines is 1. The highest BCUT2D eigenvalue weighted by molar-refractivity contribution is 5.55. The zero-order valence-corrected chi connectivity index (χ0v) is 9.63. The maximum atomic E-state index is 6.22. The highest BCUT2D eigenvalue weighted by Gasteiger charge is 2.18. The Labute approximate surface area is 92.7 Å². The van der Waals surface area contributed by atoms with E-state index in [9.17, 15) is 0 Å². The molecule has 0 atom stereocenters. The molecule has 1 heteroatoms. The second-order valence-electron chi connectivity index (χ2n) is 4.61. The average Bonchev–Trinajstić information content (AvgIpc) is 2.30. The van der Waals surface area contributed by atoms with E-state index in [1.165, 1.54) is 43.2 Å². The number of rotatable bonds is 2. The zero-order chi connectivity index (χ0) is 10.7. The zero-order valence-electron chi connectivity index (χ0n) is 9.63. The molecule has 0 aromatic heterocycles. The molecule has 0 unspecified atom stereocenters. The average molecular weight is 203 g/mol. The lowest BCUT2D eigenvalue weighted by molar-refractivity contribution is 0.444. The normalized spacial score (nSPS) is 17.9. The first-order valence-electron chi connectivity index (χ1n) is 6.20. The molecule has 1 aromatic carbocycles. The Balaban J connectivity index is 2.26. The molecule has 0 radical (unpaired) electrons. The van der Waals surface area contributed by atoms with E-state index in [0.717, 1.165) is 18.0 Å². The summed E-state index contributed by atoms with van der Waals surface area (Å²) in [6.07, 6.45) is 7.87. The molecule has 2 N–H and O–H groups in total. The van der Waals surface area contributed by atoms with Crippen LogP contribution in [0.1, 0.15) is 56.1 Å². The summed E-state index contributed by atoms with van der Waals surface area (Å²) in [5.74, 6) is 0.727. The predicted octanol–water partition coefficient (Wildman–Crippen LogP) is 3.88. The van der Waals surface area contributed by atoms with Crippen LogP contribution in [0.2, 0.25) is 0 Å². The fourth-order valence-corrected chi connectivity index (χ4v) is 2.71. The van der Waals surface area contributed by atoms with Crippen LogP contribution in [0.3, 0.4) is 0 Å². The summed E-state index contributed by atoms with van der Waals surface area (Å²) in [6, 6.07) is 6.55. The predicted molar refractivity (Wildman–Crippen MR) is 66.1 cm³/mol. The maximum absolute atomic E-state index is 6.22. The summed E-state index contributed by atoms with van der Waals surface area (Å²) in [5, 5.41) is 0. The molecule has 0 amide bonds. The van der Waals surface area contributed by atoms with Gasteiger partial charge in [-0.2, -0.15) is 0 Å². The van der Waals surface area contributed by atoms with Crippen molar-refractivity contribution in [2.24, 2.45) is 0 Å². The van der Waals surface area contributed by atoms with Crippen LogP contribution in [0.25, 0.3) is 0 Å². The van der Waals surface area contributed by atoms with Crippen LogP contribution in [0.4, 0.5) is 5.69 Å². The molecule has 1 aliphatic rings. The van der Waals surface area contributed by atoms with E-state index >= 15 is 0 Å². The number of para-hydroxylation sites is 1. The van der Waals surface area contributed by atoms with Gasteiger partial charge in [0.25, 0.3) is 0 Å². The Morgan fingerprint density at radius 2 is 1.93 bits per heavy atom. The van der Waals surface area contributed by atoms with Gasteiger partial charge >= 0.3 is 0 Å². The van der Waals surface area contributed by atoms with Crippen LogP contribution in [0.5, 0.6) is 0 Å². The summed E-state index contributed by atoms with van der Waals surface area (Å²) < 4.78 is 0. The SMILES string of the molecule is CCc1cccc(C2CCCCC2)c1N. The van der Waals surface area contributed by atoms with Crippen LogP contribution in [-0.4, -0.2) is 0 Å². The lowest BCUT2D eigenvalue weighted by atomic mass is 9.82. The van der Waals surface area contributed by atoms with Gasteiger partial charge in [-0.25, -0.2) is 0 Å². The quantitative estimate of drug-likeness (QED) is 0.725. The third-order valence-electron chi connectivity index (χ3n) is 3.66. The van der Waals surface area contributed by atoms with Gasteiger partial charge in [0.1, 0.15) is 0 Å². The molecule has 0 saturated heterocycles. The van der Waals surface area contributed by atoms with Crippen molar-refractivity contribution < 1.29 is 0 Å². The first-order valence-corrected chi connectivity index (χ1v) is 6.20. The van der Waals surface area contributed by atoms with E-state index in [1.54, 1.807) is 0 Å². The third kappa shape index (κ3) is 2.17. The number of aryl methyl sites for hydroxylation is 1. The summed E-state index contributed by atoms with van der Waals surface area (Å²) in [4.78, 5) is 0. The summed E-state index contributed by atoms with van der Waals surface area (Å²) in [5.41, 5.74) is 10.0. The molecule has 0 heterocycles. The number of benzene rings is 1. The summed E-state index contributed by atoms with van der Waals surface area (Å²) in [7, 11) is 0. The Hall–Kier alpha value is -0.980. The van der Waals surface area contributed by atoms with E-state index in [4.69, 9.17) is 5.73 Å². The second-order valence-corrected chi connectivity index (χ2v) is 4.61. The van der Waals surface area contributed by atoms with Crippen molar-refractivity contribution in [2.45, 2.75) is 51.4 Å². The molecule has 82 valence electrons. The van der Waals surface area contributed by atoms with Gasteiger partial charge in [0.15, 0.2) is 0 Å². The Morgan fingerprint density at radius 3 is 2.60 bits per heavy atom. The van der Waals surface area contributed by atoms with E-state index in [1.807, 2.05) is 0 Å². The van der Waals surface area contributed by atoms with Gasteiger partial charge in [-0.15, -0.1) is 0 Å². The highest BCUT2D eigenvalue weighted by Crippen LogP contribution is 2.36. The molecule has 2 rings (SSSR count). The van der Waals surface area contributed by atoms with Gasteiger partial charge in [-0.05, 0) is 36.3 Å². The fraction of sp³-hybridized carbons (Fsp3) is 0.571. The minimum absolute atomic E-state index is 0.727. The fourth-order valence-electron chi connectivity index (χ4n) is 2.71. The molecular formula is C14H21N. The first-order chi connectivity index (χ1) is 7.33. The van der Waals surface area contributed by atoms with Crippen molar-refractivity contribution in [3.05, 3.63) is 29.3 Å². The first kappa shape index (κ1) is 10.5. The summed E-state index contributed by atoms with van der Waals surface area (Å²) in [6.45, 7) is 2.18. The highest BCUT2D eigenvalue weighted by atomic mass is 14.6. The monoisotopic (exact) mass is 203 g/mol. The van der Waals surface area contributed by atoms with Crippen molar-refractivity contribution in [1.82, 2.24) is 0 Å². The molecule has 1 aliphatic carbocycles. The van der Waals surface area contributed by atoms with Gasteiger partial charge in [0.2, 0.25) is 0 Å². The number of nitrogen functional groups attached to an aromatic ring is 1. The van der Waals surface area contributed by atoms with Gasteiger partial charge < -0.3 is 5.73 Å². The van der Waals surface area contributed by atoms with Gasteiger partial charge in [-0.3, -0.25) is 0 Å². The van der Waals surface area contributed by atoms with Crippen molar-refractivity contribution in [3.8, 4) is 0 Å². The largest absolute Gasteiger partial charge is 0.398 e. The minimum atomic E-state index is 0.727. The smallest absolute Gasteiger partial charge is 0.0381 e. The molecule has 0 aliphatic heterocycles. The van der Waals surface area contributed by atoms with E-state index in [2.05, 4.69) is 25.1 Å². The van der Waals surface area contributed by atoms with Crippen LogP contribution in [0.15, 0.2) is 18.2 Å². The lowest BCUT2D eigenvalue weighted by Gasteiger charge is -2.24. The van der Waals surface area contributed by atoms with E-state index in [0.29, 0.717) is 0 Å². The molecule has 1 saturated carbocycles. The van der Waals surface area contributed by atoms with Crippen LogP contribution in [-0.2, 0) is 6.42 Å². The third-order valence-corrected chi connectivity index (χ3v) is 3.66. The molecule has 0 spiro atoms. The van der Waals surface area contributed by atoms with Gasteiger partial charge in [-0.1, -0.05) is 44.4 Å². The minimum Gasteiger partial charge on any atom is -0.398 e. The van der Waals surface area contributed by atoms with E-state index < -0.39 is 0 Å². The maximum Gasteiger partial charge on any atom is 0.0381 e. The molecular weight excluding hydrogens is 182 g/mol. The number of hydrogen-bond donors (Lipinski definition) is 1. The molecule has 1 nitrogen and oxygen atoms in total. The standard InChI is InChI=1S/C14H21N/c1-2-11-9-6-10-13(14(11)15)12-7-4-3-5-8-12/h6,9-10,12H,2-5,7-8,15H2,1H3. The Morgan fingerprint density at radius 1 is 1.20 bits per heavy atom. The number of nitrogens with two attached hydrogens (primary N) is 1. The topological polar surface area (TPSA) is 26.0 Å². The van der Waals surface area contributed by atoms with Crippen LogP contribution in [0, 0.1) is 0 Å². The lowest BCUT2D eigenvalue weighted by Crippen LogP contribution is -2.08. The molecule has 0 bridgehead atoms. The number of hydrogen-bond acceptors (Lipinski definition) is 1. The summed E-state index contributed by atoms with van der Waals surface area (Å²) >= 11 is 0. The molecule has 1 aromatic rings. The van der Waals surface area contributed by atoms with Crippen molar-refractivity contribution in [3.63, 3.8) is 0 Å². The second kappa shape index (κ2) is 4.69. The van der Waals surface area contributed by atoms with Crippen molar-refractivity contribution in [2.75, 3.05) is 5.73 Å². The molecule has 15 heavy (non-hydrogen) atoms. The van der Waals surface area contributed by atoms with Gasteiger partial charge in [0.05, 0.1) is 0 Å². The van der Waals surface area contributed by atoms with Crippen LogP contribution < -0.4 is 5.73 Å². The van der Waals surface area contributed by atoms with Crippen molar-refractivity contribution >= 4 is 5.69 Å². The Bertz CT molecular complexity index is 324. The van der Waals surface area contributed by atoms with Crippen LogP contribution >= 0.6 is 0 Å². The van der Waals surface area contributed by atoms with Gasteiger partial charge in [0, 0.05) is 5.69 Å². The Kier molecular flexibility index (Phi) is 3.30. The molecule has 1 fully saturated rings. The van der Waals surface area contributed by atoms with E-state index in [-0.39, 0.29) is 0 Å².